The minimum Gasteiger partial charge on any atom is -0.328 e. The topological polar surface area (TPSA) is 34.9 Å². The molecule has 3 heteroatoms. The summed E-state index contributed by atoms with van der Waals surface area (Å²) in [5, 5.41) is 0. The van der Waals surface area contributed by atoms with E-state index >= 15 is 0 Å². The molecule has 0 aliphatic rings. The Labute approximate surface area is 72.4 Å². The summed E-state index contributed by atoms with van der Waals surface area (Å²) in [6.07, 6.45) is 3.32. The van der Waals surface area contributed by atoms with Gasteiger partial charge in [0.25, 0.3) is 0 Å². The smallest absolute Gasteiger partial charge is 0.177 e. The van der Waals surface area contributed by atoms with Crippen LogP contribution < -0.4 is 0 Å². The maximum atomic E-state index is 11.0. The fourth-order valence-corrected chi connectivity index (χ4v) is 1.15. The van der Waals surface area contributed by atoms with Crippen LogP contribution in [0, 0.1) is 5.92 Å². The van der Waals surface area contributed by atoms with E-state index < -0.39 is 0 Å². The van der Waals surface area contributed by atoms with Gasteiger partial charge in [-0.15, -0.1) is 0 Å². The fourth-order valence-electron chi connectivity index (χ4n) is 1.15. The molecule has 1 aromatic heterocycles. The number of hydrogen-bond donors (Lipinski definition) is 0. The van der Waals surface area contributed by atoms with E-state index in [1.807, 2.05) is 4.57 Å². The van der Waals surface area contributed by atoms with E-state index in [1.165, 1.54) is 0 Å². The summed E-state index contributed by atoms with van der Waals surface area (Å²) in [5.74, 6) is 0.616. The van der Waals surface area contributed by atoms with Crippen LogP contribution >= 0.6 is 0 Å². The number of Topliss-reactive ketones (excluding diaryl/α,β-unsaturated/α-hetero) is 1. The monoisotopic (exact) mass is 166 g/mol. The molecule has 66 valence electrons. The van der Waals surface area contributed by atoms with Crippen molar-refractivity contribution in [3.63, 3.8) is 0 Å². The highest BCUT2D eigenvalue weighted by molar-refractivity contribution is 5.92. The lowest BCUT2D eigenvalue weighted by Gasteiger charge is -2.07. The van der Waals surface area contributed by atoms with Gasteiger partial charge in [0.2, 0.25) is 0 Å². The Morgan fingerprint density at radius 2 is 2.33 bits per heavy atom. The van der Waals surface area contributed by atoms with Gasteiger partial charge in [0.1, 0.15) is 5.69 Å². The second kappa shape index (κ2) is 3.52. The van der Waals surface area contributed by atoms with Crippen LogP contribution in [0.25, 0.3) is 0 Å². The van der Waals surface area contributed by atoms with Crippen molar-refractivity contribution >= 4 is 5.78 Å². The lowest BCUT2D eigenvalue weighted by Crippen LogP contribution is -2.09. The molecular weight excluding hydrogens is 152 g/mol. The number of aromatic nitrogens is 2. The molecule has 0 saturated carbocycles. The minimum absolute atomic E-state index is 0.0770. The second-order valence-electron chi connectivity index (χ2n) is 3.38. The lowest BCUT2D eigenvalue weighted by molar-refractivity contribution is 0.100. The molecule has 0 aliphatic heterocycles. The summed E-state index contributed by atoms with van der Waals surface area (Å²) >= 11 is 0. The van der Waals surface area contributed by atoms with Gasteiger partial charge in [0, 0.05) is 13.5 Å². The van der Waals surface area contributed by atoms with Gasteiger partial charge in [-0.2, -0.15) is 0 Å². The van der Waals surface area contributed by atoms with Gasteiger partial charge in [-0.25, -0.2) is 4.98 Å². The Morgan fingerprint density at radius 1 is 1.67 bits per heavy atom. The van der Waals surface area contributed by atoms with E-state index in [4.69, 9.17) is 0 Å². The van der Waals surface area contributed by atoms with Crippen LogP contribution in [0.4, 0.5) is 0 Å². The van der Waals surface area contributed by atoms with Gasteiger partial charge in [-0.05, 0) is 5.92 Å². The van der Waals surface area contributed by atoms with E-state index in [-0.39, 0.29) is 5.78 Å². The van der Waals surface area contributed by atoms with Crippen LogP contribution in [-0.2, 0) is 6.54 Å². The van der Waals surface area contributed by atoms with Crippen molar-refractivity contribution in [3.8, 4) is 0 Å². The Morgan fingerprint density at radius 3 is 2.83 bits per heavy atom. The van der Waals surface area contributed by atoms with Gasteiger partial charge in [0.05, 0.1) is 12.5 Å². The molecular formula is C9H14N2O. The molecule has 0 radical (unpaired) electrons. The van der Waals surface area contributed by atoms with E-state index in [2.05, 4.69) is 18.8 Å². The van der Waals surface area contributed by atoms with Crippen LogP contribution in [0.2, 0.25) is 0 Å². The van der Waals surface area contributed by atoms with Crippen molar-refractivity contribution in [2.45, 2.75) is 27.3 Å². The molecule has 1 heterocycles. The molecule has 12 heavy (non-hydrogen) atoms. The average molecular weight is 166 g/mol. The molecule has 0 N–H and O–H groups in total. The Hall–Kier alpha value is -1.12. The maximum Gasteiger partial charge on any atom is 0.177 e. The number of nitrogens with zero attached hydrogens (tertiary/aromatic N) is 2. The quantitative estimate of drug-likeness (QED) is 0.641. The van der Waals surface area contributed by atoms with Gasteiger partial charge >= 0.3 is 0 Å². The van der Waals surface area contributed by atoms with E-state index in [0.717, 1.165) is 6.54 Å². The lowest BCUT2D eigenvalue weighted by atomic mass is 10.2. The van der Waals surface area contributed by atoms with Crippen LogP contribution in [-0.4, -0.2) is 15.3 Å². The van der Waals surface area contributed by atoms with Crippen molar-refractivity contribution < 1.29 is 4.79 Å². The highest BCUT2D eigenvalue weighted by Crippen LogP contribution is 2.04. The molecule has 0 fully saturated rings. The Balaban J connectivity index is 2.84. The first kappa shape index (κ1) is 8.97. The maximum absolute atomic E-state index is 11.0. The van der Waals surface area contributed by atoms with E-state index in [9.17, 15) is 4.79 Å². The highest BCUT2D eigenvalue weighted by atomic mass is 16.1. The molecule has 0 aromatic carbocycles. The second-order valence-corrected chi connectivity index (χ2v) is 3.38. The predicted molar refractivity (Wildman–Crippen MR) is 47.1 cm³/mol. The van der Waals surface area contributed by atoms with Crippen molar-refractivity contribution in [3.05, 3.63) is 18.2 Å². The summed E-state index contributed by atoms with van der Waals surface area (Å²) in [4.78, 5) is 15.0. The number of imidazole rings is 1. The van der Waals surface area contributed by atoms with Crippen molar-refractivity contribution in [2.75, 3.05) is 0 Å². The molecule has 0 amide bonds. The van der Waals surface area contributed by atoms with Crippen LogP contribution in [0.5, 0.6) is 0 Å². The number of carbonyl (C=O) groups excluding carboxylic acids is 1. The van der Waals surface area contributed by atoms with Crippen LogP contribution in [0.3, 0.4) is 0 Å². The molecule has 1 aromatic rings. The number of hydrogen-bond acceptors (Lipinski definition) is 2. The molecule has 0 aliphatic carbocycles. The van der Waals surface area contributed by atoms with E-state index in [1.54, 1.807) is 19.4 Å². The number of rotatable bonds is 3. The summed E-state index contributed by atoms with van der Waals surface area (Å²) in [6, 6.07) is 0. The SMILES string of the molecule is CC(=O)c1cncn1CC(C)C. The predicted octanol–water partition coefficient (Wildman–Crippen LogP) is 1.74. The van der Waals surface area contributed by atoms with Crippen molar-refractivity contribution in [1.82, 2.24) is 9.55 Å². The van der Waals surface area contributed by atoms with Gasteiger partial charge < -0.3 is 4.57 Å². The zero-order valence-corrected chi connectivity index (χ0v) is 7.74. The molecule has 0 atom stereocenters. The Bertz CT molecular complexity index is 276. The first-order valence-corrected chi connectivity index (χ1v) is 4.12. The van der Waals surface area contributed by atoms with Gasteiger partial charge in [-0.3, -0.25) is 4.79 Å². The van der Waals surface area contributed by atoms with Crippen LogP contribution in [0.15, 0.2) is 12.5 Å². The highest BCUT2D eigenvalue weighted by Gasteiger charge is 2.06. The zero-order chi connectivity index (χ0) is 9.14. The molecule has 0 unspecified atom stereocenters. The molecule has 0 bridgehead atoms. The minimum atomic E-state index is 0.0770. The largest absolute Gasteiger partial charge is 0.328 e. The summed E-state index contributed by atoms with van der Waals surface area (Å²) in [6.45, 7) is 6.65. The van der Waals surface area contributed by atoms with Crippen molar-refractivity contribution in [2.24, 2.45) is 5.92 Å². The van der Waals surface area contributed by atoms with Crippen LogP contribution in [0.1, 0.15) is 31.3 Å². The first-order valence-electron chi connectivity index (χ1n) is 4.12. The standard InChI is InChI=1S/C9H14N2O/c1-7(2)5-11-6-10-4-9(11)8(3)12/h4,6-7H,5H2,1-3H3. The molecule has 0 spiro atoms. The number of carbonyl (C=O) groups is 1. The molecule has 3 nitrogen and oxygen atoms in total. The summed E-state index contributed by atoms with van der Waals surface area (Å²) in [5.41, 5.74) is 0.698. The normalized spacial score (nSPS) is 10.7. The average Bonchev–Trinajstić information content (AvgIpc) is 2.33. The summed E-state index contributed by atoms with van der Waals surface area (Å²) in [7, 11) is 0. The third-order valence-corrected chi connectivity index (χ3v) is 1.63. The zero-order valence-electron chi connectivity index (χ0n) is 7.74. The third-order valence-electron chi connectivity index (χ3n) is 1.63. The van der Waals surface area contributed by atoms with Gasteiger partial charge in [0.15, 0.2) is 5.78 Å². The van der Waals surface area contributed by atoms with Crippen molar-refractivity contribution in [1.29, 1.82) is 0 Å². The first-order chi connectivity index (χ1) is 5.61. The van der Waals surface area contributed by atoms with Gasteiger partial charge in [-0.1, -0.05) is 13.8 Å². The Kier molecular flexibility index (Phi) is 2.63. The third kappa shape index (κ3) is 1.94. The number of ketones is 1. The summed E-state index contributed by atoms with van der Waals surface area (Å²) < 4.78 is 1.90. The fraction of sp³-hybridized carbons (Fsp3) is 0.556. The molecule has 1 rings (SSSR count). The molecule has 0 saturated heterocycles. The van der Waals surface area contributed by atoms with E-state index in [0.29, 0.717) is 11.6 Å².